The molecular formula is C12H17N3O2. The summed E-state index contributed by atoms with van der Waals surface area (Å²) in [6.45, 7) is 4.41. The summed E-state index contributed by atoms with van der Waals surface area (Å²) in [5.41, 5.74) is 7.27. The Bertz CT molecular complexity index is 412. The van der Waals surface area contributed by atoms with Crippen molar-refractivity contribution in [3.8, 4) is 0 Å². The molecule has 0 radical (unpaired) electrons. The van der Waals surface area contributed by atoms with Gasteiger partial charge in [0.05, 0.1) is 6.42 Å². The molecular weight excluding hydrogens is 218 g/mol. The Morgan fingerprint density at radius 2 is 2.00 bits per heavy atom. The molecule has 1 aromatic carbocycles. The summed E-state index contributed by atoms with van der Waals surface area (Å²) in [5, 5.41) is 11.2. The van der Waals surface area contributed by atoms with Gasteiger partial charge in [0.2, 0.25) is 5.91 Å². The van der Waals surface area contributed by atoms with Crippen LogP contribution in [0.1, 0.15) is 18.9 Å². The molecule has 1 amide bonds. The van der Waals surface area contributed by atoms with Gasteiger partial charge in [-0.1, -0.05) is 22.9 Å². The number of anilines is 1. The number of aryl methyl sites for hydroxylation is 1. The van der Waals surface area contributed by atoms with Gasteiger partial charge in [0.15, 0.2) is 0 Å². The number of amidine groups is 1. The molecule has 0 saturated heterocycles. The molecule has 0 aliphatic heterocycles. The predicted octanol–water partition coefficient (Wildman–Crippen LogP) is 1.48. The maximum absolute atomic E-state index is 11.9. The highest BCUT2D eigenvalue weighted by Gasteiger charge is 2.15. The second-order valence-electron chi connectivity index (χ2n) is 3.74. The minimum atomic E-state index is -0.188. The van der Waals surface area contributed by atoms with Crippen molar-refractivity contribution in [2.45, 2.75) is 20.3 Å². The lowest BCUT2D eigenvalue weighted by atomic mass is 10.2. The fraction of sp³-hybridized carbons (Fsp3) is 0.333. The van der Waals surface area contributed by atoms with Crippen molar-refractivity contribution < 1.29 is 10.0 Å². The zero-order valence-corrected chi connectivity index (χ0v) is 10.1. The van der Waals surface area contributed by atoms with Crippen molar-refractivity contribution >= 4 is 17.4 Å². The van der Waals surface area contributed by atoms with E-state index in [0.29, 0.717) is 6.54 Å². The summed E-state index contributed by atoms with van der Waals surface area (Å²) in [4.78, 5) is 13.5. The molecule has 1 aromatic rings. The average Bonchev–Trinajstić information content (AvgIpc) is 2.32. The van der Waals surface area contributed by atoms with E-state index in [0.717, 1.165) is 11.3 Å². The number of nitrogens with zero attached hydrogens (tertiary/aromatic N) is 2. The van der Waals surface area contributed by atoms with Crippen LogP contribution in [0.4, 0.5) is 5.69 Å². The van der Waals surface area contributed by atoms with Crippen LogP contribution in [0.2, 0.25) is 0 Å². The minimum absolute atomic E-state index is 0.0828. The highest BCUT2D eigenvalue weighted by Crippen LogP contribution is 2.15. The van der Waals surface area contributed by atoms with E-state index < -0.39 is 0 Å². The van der Waals surface area contributed by atoms with Gasteiger partial charge in [0, 0.05) is 12.2 Å². The number of hydrogen-bond acceptors (Lipinski definition) is 3. The van der Waals surface area contributed by atoms with Crippen LogP contribution in [0.15, 0.2) is 29.4 Å². The van der Waals surface area contributed by atoms with Gasteiger partial charge >= 0.3 is 0 Å². The van der Waals surface area contributed by atoms with E-state index in [1.807, 2.05) is 38.1 Å². The lowest BCUT2D eigenvalue weighted by molar-refractivity contribution is -0.117. The second-order valence-corrected chi connectivity index (χ2v) is 3.74. The van der Waals surface area contributed by atoms with Crippen LogP contribution in [0.5, 0.6) is 0 Å². The summed E-state index contributed by atoms with van der Waals surface area (Å²) in [7, 11) is 0. The van der Waals surface area contributed by atoms with E-state index in [2.05, 4.69) is 5.16 Å². The molecule has 92 valence electrons. The van der Waals surface area contributed by atoms with Crippen molar-refractivity contribution in [3.63, 3.8) is 0 Å². The third-order valence-corrected chi connectivity index (χ3v) is 2.42. The Hall–Kier alpha value is -2.04. The van der Waals surface area contributed by atoms with Crippen molar-refractivity contribution in [1.82, 2.24) is 0 Å². The zero-order chi connectivity index (χ0) is 12.8. The molecule has 0 atom stereocenters. The van der Waals surface area contributed by atoms with Gasteiger partial charge in [-0.3, -0.25) is 4.79 Å². The molecule has 0 fully saturated rings. The molecule has 0 spiro atoms. The average molecular weight is 235 g/mol. The summed E-state index contributed by atoms with van der Waals surface area (Å²) >= 11 is 0. The molecule has 1 rings (SSSR count). The fourth-order valence-corrected chi connectivity index (χ4v) is 1.51. The Morgan fingerprint density at radius 1 is 1.41 bits per heavy atom. The first-order valence-electron chi connectivity index (χ1n) is 5.42. The number of oxime groups is 1. The minimum Gasteiger partial charge on any atom is -0.409 e. The van der Waals surface area contributed by atoms with E-state index in [-0.39, 0.29) is 18.2 Å². The van der Waals surface area contributed by atoms with Gasteiger partial charge in [-0.15, -0.1) is 0 Å². The fourth-order valence-electron chi connectivity index (χ4n) is 1.51. The van der Waals surface area contributed by atoms with Crippen LogP contribution in [-0.4, -0.2) is 23.5 Å². The Balaban J connectivity index is 2.84. The largest absolute Gasteiger partial charge is 0.409 e. The Kier molecular flexibility index (Phi) is 4.51. The van der Waals surface area contributed by atoms with Gasteiger partial charge in [0.1, 0.15) is 5.84 Å². The number of nitrogens with two attached hydrogens (primary N) is 1. The van der Waals surface area contributed by atoms with E-state index in [1.165, 1.54) is 0 Å². The molecule has 17 heavy (non-hydrogen) atoms. The van der Waals surface area contributed by atoms with E-state index >= 15 is 0 Å². The first-order chi connectivity index (χ1) is 8.08. The number of rotatable bonds is 4. The monoisotopic (exact) mass is 235 g/mol. The molecule has 0 bridgehead atoms. The number of benzene rings is 1. The molecule has 0 heterocycles. The highest BCUT2D eigenvalue weighted by atomic mass is 16.4. The summed E-state index contributed by atoms with van der Waals surface area (Å²) in [6.07, 6.45) is -0.0851. The highest BCUT2D eigenvalue weighted by molar-refractivity contribution is 6.06. The normalized spacial score (nSPS) is 11.3. The van der Waals surface area contributed by atoms with Crippen molar-refractivity contribution in [2.75, 3.05) is 11.4 Å². The SMILES string of the molecule is CCN(C(=O)CC(N)=NO)c1ccc(C)cc1. The number of amides is 1. The number of hydrogen-bond donors (Lipinski definition) is 2. The Labute approximate surface area is 101 Å². The van der Waals surface area contributed by atoms with Crippen LogP contribution in [0, 0.1) is 6.92 Å². The van der Waals surface area contributed by atoms with Gasteiger partial charge < -0.3 is 15.8 Å². The van der Waals surface area contributed by atoms with Crippen LogP contribution in [-0.2, 0) is 4.79 Å². The summed E-state index contributed by atoms with van der Waals surface area (Å²) in [6, 6.07) is 7.63. The topological polar surface area (TPSA) is 78.9 Å². The third kappa shape index (κ3) is 3.48. The Morgan fingerprint density at radius 3 is 2.47 bits per heavy atom. The van der Waals surface area contributed by atoms with Crippen molar-refractivity contribution in [1.29, 1.82) is 0 Å². The van der Waals surface area contributed by atoms with Gasteiger partial charge in [-0.25, -0.2) is 0 Å². The molecule has 5 heteroatoms. The molecule has 0 saturated carbocycles. The predicted molar refractivity (Wildman–Crippen MR) is 67.2 cm³/mol. The van der Waals surface area contributed by atoms with Gasteiger partial charge in [-0.05, 0) is 26.0 Å². The molecule has 0 aliphatic carbocycles. The van der Waals surface area contributed by atoms with Crippen molar-refractivity contribution in [3.05, 3.63) is 29.8 Å². The van der Waals surface area contributed by atoms with Crippen LogP contribution >= 0.6 is 0 Å². The van der Waals surface area contributed by atoms with Crippen LogP contribution in [0.25, 0.3) is 0 Å². The first-order valence-corrected chi connectivity index (χ1v) is 5.42. The first kappa shape index (κ1) is 13.0. The standard InChI is InChI=1S/C12H17N3O2/c1-3-15(12(16)8-11(13)14-17)10-6-4-9(2)5-7-10/h4-7,17H,3,8H2,1-2H3,(H2,13,14). The van der Waals surface area contributed by atoms with E-state index in [9.17, 15) is 4.79 Å². The lowest BCUT2D eigenvalue weighted by Crippen LogP contribution is -2.33. The quantitative estimate of drug-likeness (QED) is 0.359. The maximum Gasteiger partial charge on any atom is 0.234 e. The molecule has 3 N–H and O–H groups in total. The molecule has 5 nitrogen and oxygen atoms in total. The van der Waals surface area contributed by atoms with Crippen LogP contribution in [0.3, 0.4) is 0 Å². The smallest absolute Gasteiger partial charge is 0.234 e. The van der Waals surface area contributed by atoms with Crippen LogP contribution < -0.4 is 10.6 Å². The number of carbonyl (C=O) groups is 1. The summed E-state index contributed by atoms with van der Waals surface area (Å²) in [5.74, 6) is -0.271. The van der Waals surface area contributed by atoms with E-state index in [4.69, 9.17) is 10.9 Å². The lowest BCUT2D eigenvalue weighted by Gasteiger charge is -2.20. The van der Waals surface area contributed by atoms with Gasteiger partial charge in [-0.2, -0.15) is 0 Å². The third-order valence-electron chi connectivity index (χ3n) is 2.42. The second kappa shape index (κ2) is 5.89. The zero-order valence-electron chi connectivity index (χ0n) is 10.1. The van der Waals surface area contributed by atoms with Gasteiger partial charge in [0.25, 0.3) is 0 Å². The van der Waals surface area contributed by atoms with E-state index in [1.54, 1.807) is 4.90 Å². The maximum atomic E-state index is 11.9. The van der Waals surface area contributed by atoms with Crippen molar-refractivity contribution in [2.24, 2.45) is 10.9 Å². The molecule has 0 aliphatic rings. The summed E-state index contributed by atoms with van der Waals surface area (Å²) < 4.78 is 0. The number of carbonyl (C=O) groups excluding carboxylic acids is 1. The molecule has 0 unspecified atom stereocenters. The molecule has 0 aromatic heterocycles.